The van der Waals surface area contributed by atoms with Crippen molar-refractivity contribution in [2.75, 3.05) is 11.9 Å². The average molecular weight is 408 g/mol. The number of primary amides is 1. The van der Waals surface area contributed by atoms with Gasteiger partial charge in [0, 0.05) is 16.7 Å². The van der Waals surface area contributed by atoms with E-state index in [-0.39, 0.29) is 17.9 Å². The number of hydrogen-bond acceptors (Lipinski definition) is 4. The molecule has 1 atom stereocenters. The Balaban J connectivity index is 1.77. The van der Waals surface area contributed by atoms with Crippen molar-refractivity contribution >= 4 is 44.8 Å². The molecule has 2 amide bonds. The van der Waals surface area contributed by atoms with Gasteiger partial charge in [-0.05, 0) is 58.4 Å². The average Bonchev–Trinajstić information content (AvgIpc) is 3.18. The van der Waals surface area contributed by atoms with E-state index in [0.717, 1.165) is 35.1 Å². The summed E-state index contributed by atoms with van der Waals surface area (Å²) in [6.45, 7) is 1.43. The van der Waals surface area contributed by atoms with Gasteiger partial charge in [-0.15, -0.1) is 11.3 Å². The molecule has 1 fully saturated rings. The number of anilines is 1. The number of nitrogens with zero attached hydrogens (tertiary/aromatic N) is 1. The van der Waals surface area contributed by atoms with Gasteiger partial charge in [-0.3, -0.25) is 14.5 Å². The fraction of sp³-hybridized carbons (Fsp3) is 0.294. The third kappa shape index (κ3) is 3.68. The van der Waals surface area contributed by atoms with Gasteiger partial charge in [-0.1, -0.05) is 18.2 Å². The third-order valence-corrected chi connectivity index (χ3v) is 5.99. The van der Waals surface area contributed by atoms with Crippen molar-refractivity contribution in [1.29, 1.82) is 0 Å². The second-order valence-corrected chi connectivity index (χ2v) is 7.51. The molecule has 3 N–H and O–H groups in total. The lowest BCUT2D eigenvalue weighted by molar-refractivity contribution is -0.122. The molecule has 7 heteroatoms. The van der Waals surface area contributed by atoms with E-state index in [1.165, 1.54) is 11.3 Å². The first-order valence-corrected chi connectivity index (χ1v) is 9.39. The molecular weight excluding hydrogens is 390 g/mol. The number of para-hydroxylation sites is 1. The van der Waals surface area contributed by atoms with E-state index in [1.807, 2.05) is 35.7 Å². The number of nitrogens with one attached hydrogen (secondary N) is 1. The SMILES string of the molecule is NC(=O)C1CCCN1Cc1ccccc1NC(=O)c1sccc1Br. The van der Waals surface area contributed by atoms with E-state index in [4.69, 9.17) is 5.73 Å². The number of carbonyl (C=O) groups is 2. The maximum atomic E-state index is 12.4. The van der Waals surface area contributed by atoms with Crippen LogP contribution in [-0.4, -0.2) is 29.3 Å². The monoisotopic (exact) mass is 407 g/mol. The second-order valence-electron chi connectivity index (χ2n) is 5.74. The lowest BCUT2D eigenvalue weighted by atomic mass is 10.1. The van der Waals surface area contributed by atoms with Crippen LogP contribution in [0.15, 0.2) is 40.2 Å². The molecular formula is C17H18BrN3O2S. The van der Waals surface area contributed by atoms with Crippen LogP contribution in [0.25, 0.3) is 0 Å². The van der Waals surface area contributed by atoms with Crippen LogP contribution in [0.5, 0.6) is 0 Å². The summed E-state index contributed by atoms with van der Waals surface area (Å²) in [6.07, 6.45) is 1.76. The van der Waals surface area contributed by atoms with Gasteiger partial charge in [0.05, 0.1) is 6.04 Å². The van der Waals surface area contributed by atoms with Gasteiger partial charge >= 0.3 is 0 Å². The van der Waals surface area contributed by atoms with Gasteiger partial charge in [0.1, 0.15) is 4.88 Å². The van der Waals surface area contributed by atoms with Crippen LogP contribution in [0.2, 0.25) is 0 Å². The summed E-state index contributed by atoms with van der Waals surface area (Å²) < 4.78 is 0.788. The fourth-order valence-electron chi connectivity index (χ4n) is 2.97. The first kappa shape index (κ1) is 17.1. The zero-order chi connectivity index (χ0) is 17.1. The van der Waals surface area contributed by atoms with Crippen LogP contribution in [0.1, 0.15) is 28.1 Å². The Kier molecular flexibility index (Phi) is 5.33. The van der Waals surface area contributed by atoms with Gasteiger partial charge in [0.25, 0.3) is 5.91 Å². The molecule has 1 saturated heterocycles. The molecule has 0 aliphatic carbocycles. The Morgan fingerprint density at radius 1 is 1.33 bits per heavy atom. The number of carbonyl (C=O) groups excluding carboxylic acids is 2. The minimum atomic E-state index is -0.281. The largest absolute Gasteiger partial charge is 0.368 e. The molecule has 2 aromatic rings. The van der Waals surface area contributed by atoms with Crippen molar-refractivity contribution in [3.05, 3.63) is 50.6 Å². The van der Waals surface area contributed by atoms with Crippen LogP contribution < -0.4 is 11.1 Å². The van der Waals surface area contributed by atoms with E-state index in [9.17, 15) is 9.59 Å². The van der Waals surface area contributed by atoms with Crippen molar-refractivity contribution in [1.82, 2.24) is 4.90 Å². The highest BCUT2D eigenvalue weighted by Gasteiger charge is 2.29. The number of nitrogens with two attached hydrogens (primary N) is 1. The number of amides is 2. The molecule has 1 aromatic carbocycles. The van der Waals surface area contributed by atoms with Crippen molar-refractivity contribution in [3.8, 4) is 0 Å². The van der Waals surface area contributed by atoms with Crippen LogP contribution >= 0.6 is 27.3 Å². The zero-order valence-electron chi connectivity index (χ0n) is 13.0. The Bertz CT molecular complexity index is 762. The third-order valence-electron chi connectivity index (χ3n) is 4.15. The molecule has 2 heterocycles. The van der Waals surface area contributed by atoms with Crippen molar-refractivity contribution in [2.45, 2.75) is 25.4 Å². The molecule has 0 spiro atoms. The molecule has 1 aliphatic rings. The number of likely N-dealkylation sites (tertiary alicyclic amines) is 1. The van der Waals surface area contributed by atoms with E-state index in [1.54, 1.807) is 0 Å². The van der Waals surface area contributed by atoms with Crippen LogP contribution in [0.3, 0.4) is 0 Å². The predicted molar refractivity (Wildman–Crippen MR) is 99.0 cm³/mol. The fourth-order valence-corrected chi connectivity index (χ4v) is 4.42. The van der Waals surface area contributed by atoms with Gasteiger partial charge in [-0.2, -0.15) is 0 Å². The number of benzene rings is 1. The highest BCUT2D eigenvalue weighted by atomic mass is 79.9. The highest BCUT2D eigenvalue weighted by Crippen LogP contribution is 2.26. The molecule has 24 heavy (non-hydrogen) atoms. The van der Waals surface area contributed by atoms with Crippen molar-refractivity contribution in [2.24, 2.45) is 5.73 Å². The number of thiophene rings is 1. The lowest BCUT2D eigenvalue weighted by Gasteiger charge is -2.23. The minimum absolute atomic E-state index is 0.141. The molecule has 0 bridgehead atoms. The van der Waals surface area contributed by atoms with E-state index < -0.39 is 0 Å². The van der Waals surface area contributed by atoms with E-state index >= 15 is 0 Å². The smallest absolute Gasteiger partial charge is 0.266 e. The van der Waals surface area contributed by atoms with Crippen LogP contribution in [0.4, 0.5) is 5.69 Å². The molecule has 1 aromatic heterocycles. The molecule has 0 radical (unpaired) electrons. The Morgan fingerprint density at radius 3 is 2.83 bits per heavy atom. The van der Waals surface area contributed by atoms with Gasteiger partial charge < -0.3 is 11.1 Å². The van der Waals surface area contributed by atoms with Gasteiger partial charge in [0.15, 0.2) is 0 Å². The Hall–Kier alpha value is -1.70. The minimum Gasteiger partial charge on any atom is -0.368 e. The Morgan fingerprint density at radius 2 is 2.12 bits per heavy atom. The summed E-state index contributed by atoms with van der Waals surface area (Å²) >= 11 is 4.77. The highest BCUT2D eigenvalue weighted by molar-refractivity contribution is 9.10. The van der Waals surface area contributed by atoms with E-state index in [0.29, 0.717) is 11.4 Å². The van der Waals surface area contributed by atoms with Crippen molar-refractivity contribution < 1.29 is 9.59 Å². The first-order valence-electron chi connectivity index (χ1n) is 7.72. The molecule has 126 valence electrons. The van der Waals surface area contributed by atoms with Crippen LogP contribution in [0, 0.1) is 0 Å². The van der Waals surface area contributed by atoms with Gasteiger partial charge in [-0.25, -0.2) is 0 Å². The summed E-state index contributed by atoms with van der Waals surface area (Å²) in [5.41, 5.74) is 7.23. The lowest BCUT2D eigenvalue weighted by Crippen LogP contribution is -2.39. The summed E-state index contributed by atoms with van der Waals surface area (Å²) in [5.74, 6) is -0.422. The zero-order valence-corrected chi connectivity index (χ0v) is 15.4. The number of halogens is 1. The van der Waals surface area contributed by atoms with E-state index in [2.05, 4.69) is 26.1 Å². The maximum Gasteiger partial charge on any atom is 0.266 e. The Labute approximate surface area is 153 Å². The molecule has 5 nitrogen and oxygen atoms in total. The van der Waals surface area contributed by atoms with Crippen LogP contribution in [-0.2, 0) is 11.3 Å². The molecule has 0 saturated carbocycles. The van der Waals surface area contributed by atoms with Crippen molar-refractivity contribution in [3.63, 3.8) is 0 Å². The molecule has 3 rings (SSSR count). The topological polar surface area (TPSA) is 75.4 Å². The molecule has 1 aliphatic heterocycles. The summed E-state index contributed by atoms with van der Waals surface area (Å²) in [4.78, 5) is 26.7. The second kappa shape index (κ2) is 7.46. The maximum absolute atomic E-state index is 12.4. The predicted octanol–water partition coefficient (Wildman–Crippen LogP) is 3.21. The summed E-state index contributed by atoms with van der Waals surface area (Å²) in [5, 5.41) is 4.84. The normalized spacial score (nSPS) is 17.8. The number of hydrogen-bond donors (Lipinski definition) is 2. The summed E-state index contributed by atoms with van der Waals surface area (Å²) in [7, 11) is 0. The van der Waals surface area contributed by atoms with Gasteiger partial charge in [0.2, 0.25) is 5.91 Å². The first-order chi connectivity index (χ1) is 11.6. The summed E-state index contributed by atoms with van der Waals surface area (Å²) in [6, 6.07) is 9.30. The number of rotatable bonds is 5. The standard InChI is InChI=1S/C17H18BrN3O2S/c18-12-7-9-24-15(12)17(23)20-13-5-2-1-4-11(13)10-21-8-3-6-14(21)16(19)22/h1-2,4-5,7,9,14H,3,6,8,10H2,(H2,19,22)(H,20,23). The quantitative estimate of drug-likeness (QED) is 0.798. The molecule has 1 unspecified atom stereocenters.